The molecule has 10 heteroatoms. The van der Waals surface area contributed by atoms with Crippen LogP contribution in [0.2, 0.25) is 0 Å². The first-order chi connectivity index (χ1) is 12.9. The normalized spacial score (nSPS) is 25.9. The molecule has 0 aromatic rings. The van der Waals surface area contributed by atoms with Gasteiger partial charge in [-0.2, -0.15) is 0 Å². The molecule has 0 saturated carbocycles. The Labute approximate surface area is 202 Å². The van der Waals surface area contributed by atoms with Crippen molar-refractivity contribution >= 4 is 77.4 Å². The molecule has 0 radical (unpaired) electrons. The molecule has 0 N–H and O–H groups in total. The zero-order valence-electron chi connectivity index (χ0n) is 17.4. The second-order valence-electron chi connectivity index (χ2n) is 7.90. The van der Waals surface area contributed by atoms with Crippen LogP contribution in [0, 0.1) is 0 Å². The van der Waals surface area contributed by atoms with Gasteiger partial charge in [-0.3, -0.25) is 0 Å². The summed E-state index contributed by atoms with van der Waals surface area (Å²) >= 11 is 40.3. The van der Waals surface area contributed by atoms with Crippen LogP contribution in [-0.4, -0.2) is 22.0 Å². The molecule has 1 fully saturated rings. The van der Waals surface area contributed by atoms with Gasteiger partial charge < -0.3 is 0 Å². The van der Waals surface area contributed by atoms with Gasteiger partial charge in [0.05, 0.1) is 0 Å². The molecule has 0 bridgehead atoms. The van der Waals surface area contributed by atoms with Crippen molar-refractivity contribution in [1.82, 2.24) is 8.88 Å². The SMILES string of the molecule is CCCCCCCCCN1P(Cl)(Cl)(Cl)N(CCCCCCCCC)P1(Cl)(Cl)Cl. The van der Waals surface area contributed by atoms with Gasteiger partial charge in [0.25, 0.3) is 0 Å². The number of hydrogen-bond donors (Lipinski definition) is 0. The van der Waals surface area contributed by atoms with Crippen molar-refractivity contribution in [3.8, 4) is 0 Å². The van der Waals surface area contributed by atoms with E-state index < -0.39 is 9.93 Å². The molecular weight excluding hydrogens is 519 g/mol. The van der Waals surface area contributed by atoms with E-state index in [-0.39, 0.29) is 0 Å². The Kier molecular flexibility index (Phi) is 12.4. The van der Waals surface area contributed by atoms with Crippen LogP contribution in [-0.2, 0) is 0 Å². The van der Waals surface area contributed by atoms with Gasteiger partial charge in [-0.15, -0.1) is 0 Å². The maximum atomic E-state index is 6.72. The van der Waals surface area contributed by atoms with Crippen molar-refractivity contribution in [2.75, 3.05) is 13.1 Å². The summed E-state index contributed by atoms with van der Waals surface area (Å²) in [6.45, 7) is 5.53. The summed E-state index contributed by atoms with van der Waals surface area (Å²) in [7, 11) is 0. The molecule has 0 aliphatic carbocycles. The molecule has 172 valence electrons. The first-order valence-electron chi connectivity index (χ1n) is 10.9. The molecule has 0 aromatic carbocycles. The van der Waals surface area contributed by atoms with Crippen molar-refractivity contribution < 1.29 is 0 Å². The first-order valence-corrected chi connectivity index (χ1v) is 20.6. The Morgan fingerprint density at radius 3 is 0.964 bits per heavy atom. The van der Waals surface area contributed by atoms with Crippen molar-refractivity contribution in [1.29, 1.82) is 0 Å². The third kappa shape index (κ3) is 7.83. The third-order valence-electron chi connectivity index (χ3n) is 5.38. The molecular formula is C18H38Cl6N2P2. The van der Waals surface area contributed by atoms with Gasteiger partial charge in [0, 0.05) is 0 Å². The Bertz CT molecular complexity index is 406. The fourth-order valence-electron chi connectivity index (χ4n) is 3.71. The Morgan fingerprint density at radius 2 is 0.679 bits per heavy atom. The van der Waals surface area contributed by atoms with E-state index >= 15 is 0 Å². The maximum absolute atomic E-state index is 6.72. The fraction of sp³-hybridized carbons (Fsp3) is 1.00. The van der Waals surface area contributed by atoms with E-state index in [1.165, 1.54) is 64.2 Å². The molecule has 0 atom stereocenters. The van der Waals surface area contributed by atoms with Gasteiger partial charge in [0.15, 0.2) is 0 Å². The molecule has 1 aliphatic rings. The molecule has 0 aromatic heterocycles. The minimum absolute atomic E-state index is 0.546. The Hall–Kier alpha value is 2.52. The predicted octanol–water partition coefficient (Wildman–Crippen LogP) is 11.8. The zero-order valence-corrected chi connectivity index (χ0v) is 23.7. The summed E-state index contributed by atoms with van der Waals surface area (Å²) < 4.78 is 3.28. The summed E-state index contributed by atoms with van der Waals surface area (Å²) in [4.78, 5) is -7.64. The summed E-state index contributed by atoms with van der Waals surface area (Å²) in [5.41, 5.74) is 0. The van der Waals surface area contributed by atoms with E-state index in [0.29, 0.717) is 13.1 Å². The minimum atomic E-state index is -3.82. The van der Waals surface area contributed by atoms with Gasteiger partial charge in [0.2, 0.25) is 0 Å². The molecule has 1 heterocycles. The van der Waals surface area contributed by atoms with Gasteiger partial charge in [-0.25, -0.2) is 0 Å². The van der Waals surface area contributed by atoms with Gasteiger partial charge in [-0.1, -0.05) is 0 Å². The topological polar surface area (TPSA) is 6.48 Å². The second-order valence-corrected chi connectivity index (χ2v) is 28.0. The van der Waals surface area contributed by atoms with Gasteiger partial charge in [-0.05, 0) is 0 Å². The van der Waals surface area contributed by atoms with Crippen LogP contribution < -0.4 is 0 Å². The summed E-state index contributed by atoms with van der Waals surface area (Å²) in [6.07, 6.45) is 16.5. The molecule has 0 spiro atoms. The molecule has 2 nitrogen and oxygen atoms in total. The quantitative estimate of drug-likeness (QED) is 0.138. The molecule has 1 saturated heterocycles. The van der Waals surface area contributed by atoms with Crippen molar-refractivity contribution in [3.05, 3.63) is 0 Å². The van der Waals surface area contributed by atoms with Crippen LogP contribution in [0.3, 0.4) is 0 Å². The molecule has 28 heavy (non-hydrogen) atoms. The molecule has 0 unspecified atom stereocenters. The van der Waals surface area contributed by atoms with E-state index in [2.05, 4.69) is 13.8 Å². The molecule has 1 aliphatic heterocycles. The van der Waals surface area contributed by atoms with Gasteiger partial charge in [0.1, 0.15) is 0 Å². The van der Waals surface area contributed by atoms with Crippen LogP contribution in [0.15, 0.2) is 0 Å². The average Bonchev–Trinajstić information content (AvgIpc) is 2.57. The number of rotatable bonds is 16. The van der Waals surface area contributed by atoms with E-state index in [9.17, 15) is 0 Å². The average molecular weight is 557 g/mol. The van der Waals surface area contributed by atoms with Gasteiger partial charge >= 0.3 is 203 Å². The number of halogens is 6. The Morgan fingerprint density at radius 1 is 0.429 bits per heavy atom. The standard InChI is InChI=1S/C18H38Cl6N2P2/c1-3-5-7-9-11-13-15-17-25-27(19,20,21)26(28(25,22,23)24)18-16-14-12-10-8-6-4-2/h3-18H2,1-2H3. The summed E-state index contributed by atoms with van der Waals surface area (Å²) in [6, 6.07) is 0. The first kappa shape index (κ1) is 28.6. The summed E-state index contributed by atoms with van der Waals surface area (Å²) in [5.74, 6) is 0. The molecule has 0 amide bonds. The monoisotopic (exact) mass is 554 g/mol. The van der Waals surface area contributed by atoms with Crippen LogP contribution in [0.25, 0.3) is 0 Å². The zero-order chi connectivity index (χ0) is 21.4. The number of nitrogens with zero attached hydrogens (tertiary/aromatic N) is 2. The number of hydrogen-bond acceptors (Lipinski definition) is 2. The van der Waals surface area contributed by atoms with Crippen LogP contribution in [0.1, 0.15) is 104 Å². The van der Waals surface area contributed by atoms with E-state index in [1.54, 1.807) is 8.88 Å². The van der Waals surface area contributed by atoms with Crippen molar-refractivity contribution in [2.24, 2.45) is 0 Å². The summed E-state index contributed by atoms with van der Waals surface area (Å²) in [5, 5.41) is 0. The van der Waals surface area contributed by atoms with Crippen LogP contribution >= 0.6 is 77.4 Å². The van der Waals surface area contributed by atoms with Crippen molar-refractivity contribution in [3.63, 3.8) is 0 Å². The Balaban J connectivity index is 2.46. The van der Waals surface area contributed by atoms with E-state index in [0.717, 1.165) is 25.7 Å². The van der Waals surface area contributed by atoms with E-state index in [4.69, 9.17) is 67.4 Å². The fourth-order valence-corrected chi connectivity index (χ4v) is 32.8. The van der Waals surface area contributed by atoms with Crippen molar-refractivity contribution in [2.45, 2.75) is 104 Å². The number of unbranched alkanes of at least 4 members (excludes halogenated alkanes) is 12. The molecule has 1 rings (SSSR count). The second kappa shape index (κ2) is 12.1. The van der Waals surface area contributed by atoms with Crippen LogP contribution in [0.4, 0.5) is 0 Å². The predicted molar refractivity (Wildman–Crippen MR) is 138 cm³/mol. The van der Waals surface area contributed by atoms with E-state index in [1.807, 2.05) is 0 Å². The third-order valence-corrected chi connectivity index (χ3v) is 23.6. The van der Waals surface area contributed by atoms with Crippen LogP contribution in [0.5, 0.6) is 0 Å².